The Labute approximate surface area is 131 Å². The molecule has 1 aromatic carbocycles. The molecule has 1 saturated heterocycles. The fourth-order valence-electron chi connectivity index (χ4n) is 1.94. The van der Waals surface area contributed by atoms with Crippen molar-refractivity contribution in [3.05, 3.63) is 28.2 Å². The first kappa shape index (κ1) is 15.9. The Morgan fingerprint density at radius 3 is 2.95 bits per heavy atom. The zero-order valence-corrected chi connectivity index (χ0v) is 13.3. The molecule has 1 aliphatic rings. The van der Waals surface area contributed by atoms with Gasteiger partial charge in [0.05, 0.1) is 13.2 Å². The largest absolute Gasteiger partial charge is 0.366 e. The lowest BCUT2D eigenvalue weighted by Gasteiger charge is -2.22. The lowest BCUT2D eigenvalue weighted by Crippen LogP contribution is -2.49. The van der Waals surface area contributed by atoms with E-state index in [2.05, 4.69) is 31.9 Å². The number of amides is 2. The molecule has 0 aromatic heterocycles. The first-order valence-corrected chi connectivity index (χ1v) is 7.51. The van der Waals surface area contributed by atoms with E-state index in [0.29, 0.717) is 18.8 Å². The lowest BCUT2D eigenvalue weighted by molar-refractivity contribution is -0.135. The maximum atomic E-state index is 11.8. The number of carbonyl (C=O) groups is 2. The van der Waals surface area contributed by atoms with E-state index in [1.54, 1.807) is 6.07 Å². The van der Waals surface area contributed by atoms with Crippen molar-refractivity contribution in [2.45, 2.75) is 13.0 Å². The van der Waals surface area contributed by atoms with Crippen LogP contribution in [0.3, 0.4) is 0 Å². The number of hydrogen-bond donors (Lipinski definition) is 3. The number of halogens is 1. The van der Waals surface area contributed by atoms with Gasteiger partial charge in [-0.15, -0.1) is 0 Å². The number of nitrogens with one attached hydrogen (secondary N) is 3. The zero-order valence-electron chi connectivity index (χ0n) is 11.7. The van der Waals surface area contributed by atoms with E-state index in [9.17, 15) is 9.59 Å². The Hall–Kier alpha value is -1.44. The van der Waals surface area contributed by atoms with Gasteiger partial charge in [-0.2, -0.15) is 0 Å². The molecule has 114 valence electrons. The summed E-state index contributed by atoms with van der Waals surface area (Å²) in [6.45, 7) is 3.58. The molecule has 1 heterocycles. The molecule has 1 unspecified atom stereocenters. The molecular formula is C14H18BrN3O3. The van der Waals surface area contributed by atoms with E-state index >= 15 is 0 Å². The van der Waals surface area contributed by atoms with Crippen LogP contribution in [-0.4, -0.2) is 44.2 Å². The fraction of sp³-hybridized carbons (Fsp3) is 0.429. The monoisotopic (exact) mass is 355 g/mol. The summed E-state index contributed by atoms with van der Waals surface area (Å²) >= 11 is 3.40. The van der Waals surface area contributed by atoms with Crippen molar-refractivity contribution < 1.29 is 14.3 Å². The molecule has 0 saturated carbocycles. The minimum atomic E-state index is -0.526. The standard InChI is InChI=1S/C14H18BrN3O3/c1-9-6-10(2-3-11(9)15)18-13(19)8-17-14(20)12-7-16-4-5-21-12/h2-3,6,12,16H,4-5,7-8H2,1H3,(H,17,20)(H,18,19). The normalized spacial score (nSPS) is 18.1. The number of hydrogen-bond acceptors (Lipinski definition) is 4. The Morgan fingerprint density at radius 2 is 2.29 bits per heavy atom. The van der Waals surface area contributed by atoms with Gasteiger partial charge in [0.25, 0.3) is 5.91 Å². The lowest BCUT2D eigenvalue weighted by atomic mass is 10.2. The summed E-state index contributed by atoms with van der Waals surface area (Å²) in [5, 5.41) is 8.37. The molecule has 3 N–H and O–H groups in total. The average molecular weight is 356 g/mol. The number of benzene rings is 1. The molecule has 6 nitrogen and oxygen atoms in total. The predicted octanol–water partition coefficient (Wildman–Crippen LogP) is 0.801. The maximum absolute atomic E-state index is 11.8. The third kappa shape index (κ3) is 4.80. The molecule has 1 aliphatic heterocycles. The molecule has 1 fully saturated rings. The molecule has 7 heteroatoms. The van der Waals surface area contributed by atoms with Crippen molar-refractivity contribution >= 4 is 33.4 Å². The van der Waals surface area contributed by atoms with E-state index in [0.717, 1.165) is 16.6 Å². The Kier molecular flexibility index (Phi) is 5.72. The van der Waals surface area contributed by atoms with Crippen LogP contribution in [-0.2, 0) is 14.3 Å². The highest BCUT2D eigenvalue weighted by molar-refractivity contribution is 9.10. The van der Waals surface area contributed by atoms with Crippen LogP contribution in [0.1, 0.15) is 5.56 Å². The Morgan fingerprint density at radius 1 is 1.48 bits per heavy atom. The molecule has 2 amide bonds. The number of carbonyl (C=O) groups excluding carboxylic acids is 2. The van der Waals surface area contributed by atoms with E-state index in [1.165, 1.54) is 0 Å². The van der Waals surface area contributed by atoms with E-state index < -0.39 is 6.10 Å². The molecule has 0 radical (unpaired) electrons. The van der Waals surface area contributed by atoms with Gasteiger partial charge in [0.2, 0.25) is 5.91 Å². The SMILES string of the molecule is Cc1cc(NC(=O)CNC(=O)C2CNCCO2)ccc1Br. The molecule has 0 spiro atoms. The van der Waals surface area contributed by atoms with Crippen molar-refractivity contribution in [1.82, 2.24) is 10.6 Å². The van der Waals surface area contributed by atoms with Crippen LogP contribution in [0.5, 0.6) is 0 Å². The minimum Gasteiger partial charge on any atom is -0.366 e. The Bertz CT molecular complexity index is 530. The summed E-state index contributed by atoms with van der Waals surface area (Å²) in [5.41, 5.74) is 1.73. The van der Waals surface area contributed by atoms with Crippen LogP contribution in [0.2, 0.25) is 0 Å². The van der Waals surface area contributed by atoms with Crippen LogP contribution in [0, 0.1) is 6.92 Å². The second-order valence-electron chi connectivity index (χ2n) is 4.79. The van der Waals surface area contributed by atoms with Crippen LogP contribution in [0.4, 0.5) is 5.69 Å². The smallest absolute Gasteiger partial charge is 0.250 e. The van der Waals surface area contributed by atoms with Gasteiger partial charge in [-0.25, -0.2) is 0 Å². The number of morpholine rings is 1. The molecule has 0 aliphatic carbocycles. The summed E-state index contributed by atoms with van der Waals surface area (Å²) in [4.78, 5) is 23.6. The van der Waals surface area contributed by atoms with Gasteiger partial charge < -0.3 is 20.7 Å². The summed E-state index contributed by atoms with van der Waals surface area (Å²) < 4.78 is 6.29. The number of anilines is 1. The quantitative estimate of drug-likeness (QED) is 0.746. The van der Waals surface area contributed by atoms with Crippen molar-refractivity contribution in [2.24, 2.45) is 0 Å². The van der Waals surface area contributed by atoms with Crippen molar-refractivity contribution in [1.29, 1.82) is 0 Å². The van der Waals surface area contributed by atoms with Gasteiger partial charge in [-0.05, 0) is 30.7 Å². The molecule has 2 rings (SSSR count). The molecule has 1 aromatic rings. The number of ether oxygens (including phenoxy) is 1. The van der Waals surface area contributed by atoms with Gasteiger partial charge in [0.1, 0.15) is 6.10 Å². The van der Waals surface area contributed by atoms with E-state index in [4.69, 9.17) is 4.74 Å². The summed E-state index contributed by atoms with van der Waals surface area (Å²) in [6.07, 6.45) is -0.526. The zero-order chi connectivity index (χ0) is 15.2. The highest BCUT2D eigenvalue weighted by Crippen LogP contribution is 2.19. The first-order valence-electron chi connectivity index (χ1n) is 6.72. The summed E-state index contributed by atoms with van der Waals surface area (Å²) in [5.74, 6) is -0.543. The van der Waals surface area contributed by atoms with Crippen LogP contribution in [0.15, 0.2) is 22.7 Å². The van der Waals surface area contributed by atoms with Gasteiger partial charge in [0, 0.05) is 23.2 Å². The van der Waals surface area contributed by atoms with Crippen LogP contribution >= 0.6 is 15.9 Å². The number of aryl methyl sites for hydroxylation is 1. The second kappa shape index (κ2) is 7.53. The summed E-state index contributed by atoms with van der Waals surface area (Å²) in [7, 11) is 0. The molecule has 1 atom stereocenters. The van der Waals surface area contributed by atoms with E-state index in [-0.39, 0.29) is 18.4 Å². The fourth-order valence-corrected chi connectivity index (χ4v) is 2.19. The van der Waals surface area contributed by atoms with Crippen molar-refractivity contribution in [3.8, 4) is 0 Å². The van der Waals surface area contributed by atoms with Crippen molar-refractivity contribution in [3.63, 3.8) is 0 Å². The topological polar surface area (TPSA) is 79.5 Å². The van der Waals surface area contributed by atoms with E-state index in [1.807, 2.05) is 19.1 Å². The van der Waals surface area contributed by atoms with Gasteiger partial charge >= 0.3 is 0 Å². The first-order chi connectivity index (χ1) is 10.1. The molecule has 0 bridgehead atoms. The maximum Gasteiger partial charge on any atom is 0.250 e. The van der Waals surface area contributed by atoms with Gasteiger partial charge in [-0.3, -0.25) is 9.59 Å². The summed E-state index contributed by atoms with van der Waals surface area (Å²) in [6, 6.07) is 5.52. The van der Waals surface area contributed by atoms with Crippen LogP contribution in [0.25, 0.3) is 0 Å². The van der Waals surface area contributed by atoms with Gasteiger partial charge in [-0.1, -0.05) is 15.9 Å². The second-order valence-corrected chi connectivity index (χ2v) is 5.65. The van der Waals surface area contributed by atoms with Crippen molar-refractivity contribution in [2.75, 3.05) is 31.6 Å². The highest BCUT2D eigenvalue weighted by Gasteiger charge is 2.21. The minimum absolute atomic E-state index is 0.0756. The predicted molar refractivity (Wildman–Crippen MR) is 83.1 cm³/mol. The third-order valence-electron chi connectivity index (χ3n) is 3.08. The molecule has 21 heavy (non-hydrogen) atoms. The Balaban J connectivity index is 1.78. The van der Waals surface area contributed by atoms with Gasteiger partial charge in [0.15, 0.2) is 0 Å². The molecular weight excluding hydrogens is 338 g/mol. The third-order valence-corrected chi connectivity index (χ3v) is 3.97. The average Bonchev–Trinajstić information content (AvgIpc) is 2.49. The highest BCUT2D eigenvalue weighted by atomic mass is 79.9. The number of rotatable bonds is 4. The van der Waals surface area contributed by atoms with Crippen LogP contribution < -0.4 is 16.0 Å².